The van der Waals surface area contributed by atoms with E-state index in [0.29, 0.717) is 29.9 Å². The molecule has 0 radical (unpaired) electrons. The van der Waals surface area contributed by atoms with Crippen molar-refractivity contribution in [3.8, 4) is 0 Å². The molecule has 2 aromatic carbocycles. The number of sulfonamides is 1. The Bertz CT molecular complexity index is 1090. The molecule has 7 nitrogen and oxygen atoms in total. The van der Waals surface area contributed by atoms with Crippen LogP contribution in [0.3, 0.4) is 0 Å². The van der Waals surface area contributed by atoms with E-state index in [0.717, 1.165) is 38.3 Å². The van der Waals surface area contributed by atoms with Crippen molar-refractivity contribution in [2.75, 3.05) is 56.0 Å². The first kappa shape index (κ1) is 25.2. The first-order valence-electron chi connectivity index (χ1n) is 11.7. The van der Waals surface area contributed by atoms with Crippen molar-refractivity contribution in [2.45, 2.75) is 39.5 Å². The zero-order chi connectivity index (χ0) is 24.2. The summed E-state index contributed by atoms with van der Waals surface area (Å²) in [5.41, 5.74) is 3.94. The molecule has 1 N–H and O–H groups in total. The van der Waals surface area contributed by atoms with Crippen LogP contribution in [-0.4, -0.2) is 69.3 Å². The molecule has 0 bridgehead atoms. The molecule has 33 heavy (non-hydrogen) atoms. The largest absolute Gasteiger partial charge is 0.369 e. The Labute approximate surface area is 198 Å². The monoisotopic (exact) mass is 472 g/mol. The lowest BCUT2D eigenvalue weighted by molar-refractivity contribution is 0.102. The van der Waals surface area contributed by atoms with E-state index in [1.165, 1.54) is 16.1 Å². The van der Waals surface area contributed by atoms with Crippen LogP contribution < -0.4 is 10.2 Å². The summed E-state index contributed by atoms with van der Waals surface area (Å²) in [7, 11) is -3.65. The molecule has 8 heteroatoms. The highest BCUT2D eigenvalue weighted by molar-refractivity contribution is 7.89. The lowest BCUT2D eigenvalue weighted by Gasteiger charge is -2.36. The number of amides is 1. The molecule has 1 heterocycles. The molecule has 0 saturated carbocycles. The fourth-order valence-corrected chi connectivity index (χ4v) is 6.03. The minimum atomic E-state index is -3.65. The molecule has 180 valence electrons. The quantitative estimate of drug-likeness (QED) is 0.634. The number of likely N-dealkylation sites (N-methyl/N-ethyl adjacent to an activating group) is 1. The number of nitrogens with one attached hydrogen (secondary N) is 1. The normalized spacial score (nSPS) is 15.2. The van der Waals surface area contributed by atoms with Gasteiger partial charge in [0.05, 0.1) is 4.90 Å². The zero-order valence-corrected chi connectivity index (χ0v) is 21.2. The molecular weight excluding hydrogens is 436 g/mol. The van der Waals surface area contributed by atoms with Gasteiger partial charge in [0.15, 0.2) is 0 Å². The molecule has 3 rings (SSSR count). The average Bonchev–Trinajstić information content (AvgIpc) is 2.80. The van der Waals surface area contributed by atoms with Crippen molar-refractivity contribution >= 4 is 27.3 Å². The Morgan fingerprint density at radius 3 is 2.18 bits per heavy atom. The van der Waals surface area contributed by atoms with Gasteiger partial charge in [-0.15, -0.1) is 0 Å². The van der Waals surface area contributed by atoms with Crippen LogP contribution in [0.5, 0.6) is 0 Å². The second kappa shape index (κ2) is 10.7. The molecule has 1 fully saturated rings. The first-order valence-corrected chi connectivity index (χ1v) is 13.1. The van der Waals surface area contributed by atoms with Crippen molar-refractivity contribution in [1.82, 2.24) is 9.21 Å². The van der Waals surface area contributed by atoms with Crippen LogP contribution in [0.4, 0.5) is 11.4 Å². The molecule has 1 saturated heterocycles. The van der Waals surface area contributed by atoms with Crippen LogP contribution in [0.2, 0.25) is 0 Å². The smallest absolute Gasteiger partial charge is 0.255 e. The van der Waals surface area contributed by atoms with E-state index in [9.17, 15) is 13.2 Å². The van der Waals surface area contributed by atoms with E-state index >= 15 is 0 Å². The SMILES string of the molecule is CCN1CCN(c2ccc(NC(=O)c3ccc(C)c(S(=O)(=O)N(CC)CC)c3)cc2C)CC1. The van der Waals surface area contributed by atoms with Gasteiger partial charge < -0.3 is 15.1 Å². The maximum Gasteiger partial charge on any atom is 0.255 e. The van der Waals surface area contributed by atoms with Crippen molar-refractivity contribution < 1.29 is 13.2 Å². The minimum Gasteiger partial charge on any atom is -0.369 e. The maximum atomic E-state index is 13.0. The molecule has 1 amide bonds. The second-order valence-electron chi connectivity index (χ2n) is 8.45. The highest BCUT2D eigenvalue weighted by atomic mass is 32.2. The number of nitrogens with zero attached hydrogens (tertiary/aromatic N) is 3. The van der Waals surface area contributed by atoms with Crippen LogP contribution >= 0.6 is 0 Å². The summed E-state index contributed by atoms with van der Waals surface area (Å²) in [5, 5.41) is 2.93. The van der Waals surface area contributed by atoms with Crippen LogP contribution in [-0.2, 0) is 10.0 Å². The molecule has 0 spiro atoms. The second-order valence-corrected chi connectivity index (χ2v) is 10.4. The molecule has 1 aliphatic heterocycles. The number of aryl methyl sites for hydroxylation is 2. The Morgan fingerprint density at radius 2 is 1.61 bits per heavy atom. The summed E-state index contributed by atoms with van der Waals surface area (Å²) < 4.78 is 27.4. The number of anilines is 2. The maximum absolute atomic E-state index is 13.0. The van der Waals surface area contributed by atoms with E-state index < -0.39 is 10.0 Å². The van der Waals surface area contributed by atoms with Gasteiger partial charge in [-0.25, -0.2) is 8.42 Å². The number of carbonyl (C=O) groups excluding carboxylic acids is 1. The fraction of sp³-hybridized carbons (Fsp3) is 0.480. The predicted molar refractivity (Wildman–Crippen MR) is 135 cm³/mol. The third-order valence-electron chi connectivity index (χ3n) is 6.39. The Kier molecular flexibility index (Phi) is 8.15. The summed E-state index contributed by atoms with van der Waals surface area (Å²) >= 11 is 0. The number of benzene rings is 2. The highest BCUT2D eigenvalue weighted by Crippen LogP contribution is 2.26. The van der Waals surface area contributed by atoms with Gasteiger partial charge in [-0.3, -0.25) is 4.79 Å². The third kappa shape index (κ3) is 5.57. The molecule has 1 aliphatic rings. The standard InChI is InChI=1S/C25H36N4O3S/c1-6-27-13-15-28(16-14-27)23-12-11-22(17-20(23)5)26-25(30)21-10-9-19(4)24(18-21)33(31,32)29(7-2)8-3/h9-12,17-18H,6-8,13-16H2,1-5H3,(H,26,30). The highest BCUT2D eigenvalue weighted by Gasteiger charge is 2.25. The summed E-state index contributed by atoms with van der Waals surface area (Å²) in [4.78, 5) is 17.9. The van der Waals surface area contributed by atoms with E-state index in [1.54, 1.807) is 19.1 Å². The molecule has 2 aromatic rings. The molecular formula is C25H36N4O3S. The zero-order valence-electron chi connectivity index (χ0n) is 20.4. The lowest BCUT2D eigenvalue weighted by Crippen LogP contribution is -2.46. The van der Waals surface area contributed by atoms with Crippen LogP contribution in [0.25, 0.3) is 0 Å². The van der Waals surface area contributed by atoms with Crippen LogP contribution in [0.15, 0.2) is 41.3 Å². The number of hydrogen-bond acceptors (Lipinski definition) is 5. The topological polar surface area (TPSA) is 73.0 Å². The number of carbonyl (C=O) groups is 1. The first-order chi connectivity index (χ1) is 15.7. The minimum absolute atomic E-state index is 0.177. The van der Waals surface area contributed by atoms with Gasteiger partial charge in [-0.1, -0.05) is 26.8 Å². The predicted octanol–water partition coefficient (Wildman–Crippen LogP) is 3.73. The summed E-state index contributed by atoms with van der Waals surface area (Å²) in [6.45, 7) is 15.6. The van der Waals surface area contributed by atoms with E-state index in [-0.39, 0.29) is 10.8 Å². The van der Waals surface area contributed by atoms with Gasteiger partial charge in [0.1, 0.15) is 0 Å². The van der Waals surface area contributed by atoms with Crippen molar-refractivity contribution in [2.24, 2.45) is 0 Å². The van der Waals surface area contributed by atoms with E-state index in [1.807, 2.05) is 26.0 Å². The van der Waals surface area contributed by atoms with Gasteiger partial charge in [0.25, 0.3) is 5.91 Å². The van der Waals surface area contributed by atoms with E-state index in [2.05, 4.69) is 35.0 Å². The third-order valence-corrected chi connectivity index (χ3v) is 8.58. The van der Waals surface area contributed by atoms with Crippen molar-refractivity contribution in [3.05, 3.63) is 53.1 Å². The summed E-state index contributed by atoms with van der Waals surface area (Å²) in [6.07, 6.45) is 0. The van der Waals surface area contributed by atoms with Crippen LogP contribution in [0.1, 0.15) is 42.3 Å². The number of piperazine rings is 1. The van der Waals surface area contributed by atoms with Crippen LogP contribution in [0, 0.1) is 13.8 Å². The molecule has 0 atom stereocenters. The molecule has 0 aliphatic carbocycles. The number of rotatable bonds is 8. The Balaban J connectivity index is 1.77. The summed E-state index contributed by atoms with van der Waals surface area (Å²) in [5.74, 6) is -0.324. The summed E-state index contributed by atoms with van der Waals surface area (Å²) in [6, 6.07) is 10.8. The van der Waals surface area contributed by atoms with Gasteiger partial charge in [0, 0.05) is 56.2 Å². The van der Waals surface area contributed by atoms with Crippen molar-refractivity contribution in [1.29, 1.82) is 0 Å². The molecule has 0 aromatic heterocycles. The van der Waals surface area contributed by atoms with Gasteiger partial charge in [-0.05, 0) is 61.9 Å². The van der Waals surface area contributed by atoms with Gasteiger partial charge in [0.2, 0.25) is 10.0 Å². The fourth-order valence-electron chi connectivity index (χ4n) is 4.32. The van der Waals surface area contributed by atoms with Gasteiger partial charge in [-0.2, -0.15) is 4.31 Å². The van der Waals surface area contributed by atoms with E-state index in [4.69, 9.17) is 0 Å². The Hall–Kier alpha value is -2.42. The lowest BCUT2D eigenvalue weighted by atomic mass is 10.1. The van der Waals surface area contributed by atoms with Gasteiger partial charge >= 0.3 is 0 Å². The number of hydrogen-bond donors (Lipinski definition) is 1. The average molecular weight is 473 g/mol. The Morgan fingerprint density at radius 1 is 0.939 bits per heavy atom. The van der Waals surface area contributed by atoms with Crippen molar-refractivity contribution in [3.63, 3.8) is 0 Å². The molecule has 0 unspecified atom stereocenters.